The van der Waals surface area contributed by atoms with Gasteiger partial charge < -0.3 is 9.88 Å². The lowest BCUT2D eigenvalue weighted by atomic mass is 10.3. The lowest BCUT2D eigenvalue weighted by molar-refractivity contribution is -0.121. The van der Waals surface area contributed by atoms with Crippen LogP contribution >= 0.6 is 12.2 Å². The van der Waals surface area contributed by atoms with Crippen molar-refractivity contribution in [3.8, 4) is 0 Å². The van der Waals surface area contributed by atoms with E-state index in [0.29, 0.717) is 10.9 Å². The van der Waals surface area contributed by atoms with Gasteiger partial charge in [0.2, 0.25) is 5.91 Å². The summed E-state index contributed by atoms with van der Waals surface area (Å²) in [6.45, 7) is 2.90. The van der Waals surface area contributed by atoms with E-state index in [1.54, 1.807) is 0 Å². The molecule has 22 heavy (non-hydrogen) atoms. The molecule has 0 spiro atoms. The first-order chi connectivity index (χ1) is 10.6. The zero-order valence-corrected chi connectivity index (χ0v) is 13.7. The zero-order chi connectivity index (χ0) is 15.9. The Kier molecular flexibility index (Phi) is 5.71. The molecule has 1 heterocycles. The first kappa shape index (κ1) is 16.2. The summed E-state index contributed by atoms with van der Waals surface area (Å²) in [6, 6.07) is 7.80. The highest BCUT2D eigenvalue weighted by atomic mass is 32.1. The van der Waals surface area contributed by atoms with Crippen LogP contribution in [0.4, 0.5) is 0 Å². The van der Waals surface area contributed by atoms with Crippen LogP contribution < -0.4 is 16.2 Å². The van der Waals surface area contributed by atoms with Crippen LogP contribution in [0.3, 0.4) is 0 Å². The van der Waals surface area contributed by atoms with E-state index in [2.05, 4.69) is 28.1 Å². The molecule has 1 amide bonds. The monoisotopic (exact) mass is 319 g/mol. The molecule has 0 aliphatic rings. The van der Waals surface area contributed by atoms with Crippen molar-refractivity contribution in [1.82, 2.24) is 25.7 Å². The molecule has 1 aromatic carbocycles. The van der Waals surface area contributed by atoms with Crippen LogP contribution in [0.2, 0.25) is 0 Å². The fraction of sp³-hybridized carbons (Fsp3) is 0.400. The Morgan fingerprint density at radius 1 is 1.32 bits per heavy atom. The van der Waals surface area contributed by atoms with Gasteiger partial charge in [0, 0.05) is 13.6 Å². The number of fused-ring (bicyclic) bond motifs is 1. The van der Waals surface area contributed by atoms with Gasteiger partial charge in [0.25, 0.3) is 0 Å². The molecule has 118 valence electrons. The van der Waals surface area contributed by atoms with Crippen LogP contribution in [-0.2, 0) is 18.3 Å². The van der Waals surface area contributed by atoms with E-state index in [-0.39, 0.29) is 12.3 Å². The standard InChI is InChI=1S/C15H21N5OS/c1-3-4-9-16-15(22)19-18-14(21)10-13-17-11-7-5-6-8-12(11)20(13)2/h5-8H,3-4,9-10H2,1-2H3,(H,18,21)(H2,16,19,22). The van der Waals surface area contributed by atoms with E-state index >= 15 is 0 Å². The molecule has 0 radical (unpaired) electrons. The van der Waals surface area contributed by atoms with Gasteiger partial charge in [-0.1, -0.05) is 25.5 Å². The molecule has 0 saturated heterocycles. The van der Waals surface area contributed by atoms with Gasteiger partial charge >= 0.3 is 0 Å². The summed E-state index contributed by atoms with van der Waals surface area (Å²) < 4.78 is 1.92. The topological polar surface area (TPSA) is 71.0 Å². The summed E-state index contributed by atoms with van der Waals surface area (Å²) in [6.07, 6.45) is 2.32. The van der Waals surface area contributed by atoms with Gasteiger partial charge in [-0.15, -0.1) is 0 Å². The van der Waals surface area contributed by atoms with Gasteiger partial charge in [-0.25, -0.2) is 4.98 Å². The molecule has 2 aromatic rings. The number of hydrazine groups is 1. The molecule has 0 unspecified atom stereocenters. The van der Waals surface area contributed by atoms with E-state index in [1.807, 2.05) is 35.9 Å². The fourth-order valence-electron chi connectivity index (χ4n) is 2.09. The summed E-state index contributed by atoms with van der Waals surface area (Å²) in [5, 5.41) is 3.44. The van der Waals surface area contributed by atoms with Crippen LogP contribution in [0.15, 0.2) is 24.3 Å². The number of thiocarbonyl (C=S) groups is 1. The van der Waals surface area contributed by atoms with Gasteiger partial charge in [0.1, 0.15) is 5.82 Å². The molecule has 7 heteroatoms. The number of carbonyl (C=O) groups excluding carboxylic acids is 1. The van der Waals surface area contributed by atoms with Crippen molar-refractivity contribution in [2.75, 3.05) is 6.54 Å². The van der Waals surface area contributed by atoms with Crippen molar-refractivity contribution >= 4 is 34.3 Å². The summed E-state index contributed by atoms with van der Waals surface area (Å²) in [5.74, 6) is 0.531. The zero-order valence-electron chi connectivity index (χ0n) is 12.8. The van der Waals surface area contributed by atoms with Gasteiger partial charge in [-0.05, 0) is 30.8 Å². The number of para-hydroxylation sites is 2. The normalized spacial score (nSPS) is 10.5. The van der Waals surface area contributed by atoms with E-state index in [9.17, 15) is 4.79 Å². The van der Waals surface area contributed by atoms with E-state index in [1.165, 1.54) is 0 Å². The lowest BCUT2D eigenvalue weighted by Crippen LogP contribution is -2.47. The number of hydrogen-bond acceptors (Lipinski definition) is 3. The van der Waals surface area contributed by atoms with Crippen LogP contribution in [0.25, 0.3) is 11.0 Å². The Hall–Kier alpha value is -2.15. The molecule has 3 N–H and O–H groups in total. The summed E-state index contributed by atoms with van der Waals surface area (Å²) in [5.41, 5.74) is 7.18. The maximum absolute atomic E-state index is 12.0. The van der Waals surface area contributed by atoms with Crippen molar-refractivity contribution in [2.45, 2.75) is 26.2 Å². The highest BCUT2D eigenvalue weighted by molar-refractivity contribution is 7.80. The molecule has 2 rings (SSSR count). The fourth-order valence-corrected chi connectivity index (χ4v) is 2.24. The Balaban J connectivity index is 1.86. The molecule has 0 fully saturated rings. The number of aryl methyl sites for hydroxylation is 1. The Morgan fingerprint density at radius 3 is 2.82 bits per heavy atom. The molecule has 1 aromatic heterocycles. The van der Waals surface area contributed by atoms with Gasteiger partial charge in [0.15, 0.2) is 5.11 Å². The Labute approximate surface area is 135 Å². The predicted octanol–water partition coefficient (Wildman–Crippen LogP) is 1.41. The maximum atomic E-state index is 12.0. The van der Waals surface area contributed by atoms with Crippen molar-refractivity contribution in [1.29, 1.82) is 0 Å². The number of imidazole rings is 1. The molecular weight excluding hydrogens is 298 g/mol. The van der Waals surface area contributed by atoms with Crippen molar-refractivity contribution in [3.63, 3.8) is 0 Å². The average Bonchev–Trinajstić information content (AvgIpc) is 2.82. The number of carbonyl (C=O) groups is 1. The number of rotatable bonds is 5. The van der Waals surface area contributed by atoms with Crippen molar-refractivity contribution < 1.29 is 4.79 Å². The molecule has 0 atom stereocenters. The number of benzene rings is 1. The van der Waals surface area contributed by atoms with E-state index < -0.39 is 0 Å². The minimum absolute atomic E-state index is 0.182. The Morgan fingerprint density at radius 2 is 2.09 bits per heavy atom. The van der Waals surface area contributed by atoms with Crippen LogP contribution in [0, 0.1) is 0 Å². The number of amides is 1. The minimum Gasteiger partial charge on any atom is -0.361 e. The third-order valence-corrected chi connectivity index (χ3v) is 3.58. The van der Waals surface area contributed by atoms with Crippen molar-refractivity contribution in [3.05, 3.63) is 30.1 Å². The predicted molar refractivity (Wildman–Crippen MR) is 91.2 cm³/mol. The second-order valence-corrected chi connectivity index (χ2v) is 5.44. The number of aromatic nitrogens is 2. The smallest absolute Gasteiger partial charge is 0.245 e. The minimum atomic E-state index is -0.182. The first-order valence-corrected chi connectivity index (χ1v) is 7.75. The molecule has 0 aliphatic heterocycles. The molecule has 0 bridgehead atoms. The van der Waals surface area contributed by atoms with Crippen LogP contribution in [0.1, 0.15) is 25.6 Å². The highest BCUT2D eigenvalue weighted by Crippen LogP contribution is 2.14. The first-order valence-electron chi connectivity index (χ1n) is 7.35. The van der Waals surface area contributed by atoms with Crippen LogP contribution in [-0.4, -0.2) is 27.1 Å². The van der Waals surface area contributed by atoms with E-state index in [0.717, 1.165) is 30.4 Å². The molecular formula is C15H21N5OS. The SMILES string of the molecule is CCCCNC(=S)NNC(=O)Cc1nc2ccccc2n1C. The second-order valence-electron chi connectivity index (χ2n) is 5.04. The van der Waals surface area contributed by atoms with Crippen LogP contribution in [0.5, 0.6) is 0 Å². The highest BCUT2D eigenvalue weighted by Gasteiger charge is 2.11. The molecule has 0 saturated carbocycles. The summed E-state index contributed by atoms with van der Waals surface area (Å²) >= 11 is 5.07. The number of nitrogens with zero attached hydrogens (tertiary/aromatic N) is 2. The van der Waals surface area contributed by atoms with Gasteiger partial charge in [-0.3, -0.25) is 15.6 Å². The largest absolute Gasteiger partial charge is 0.361 e. The third-order valence-electron chi connectivity index (χ3n) is 3.33. The van der Waals surface area contributed by atoms with Gasteiger partial charge in [0.05, 0.1) is 17.5 Å². The third kappa shape index (κ3) is 4.17. The quantitative estimate of drug-likeness (QED) is 0.442. The molecule has 6 nitrogen and oxygen atoms in total. The molecule has 0 aliphatic carbocycles. The van der Waals surface area contributed by atoms with Crippen molar-refractivity contribution in [2.24, 2.45) is 7.05 Å². The average molecular weight is 319 g/mol. The number of hydrogen-bond donors (Lipinski definition) is 3. The number of nitrogens with one attached hydrogen (secondary N) is 3. The lowest BCUT2D eigenvalue weighted by Gasteiger charge is -2.11. The Bertz CT molecular complexity index is 667. The summed E-state index contributed by atoms with van der Waals surface area (Å²) in [7, 11) is 1.91. The summed E-state index contributed by atoms with van der Waals surface area (Å²) in [4.78, 5) is 16.4. The second kappa shape index (κ2) is 7.74. The number of unbranched alkanes of at least 4 members (excludes halogenated alkanes) is 1. The van der Waals surface area contributed by atoms with E-state index in [4.69, 9.17) is 12.2 Å². The van der Waals surface area contributed by atoms with Gasteiger partial charge in [-0.2, -0.15) is 0 Å². The maximum Gasteiger partial charge on any atom is 0.245 e.